The molecule has 2 aliphatic heterocycles. The highest BCUT2D eigenvalue weighted by atomic mass is 16.6. The first-order chi connectivity index (χ1) is 45.6. The van der Waals surface area contributed by atoms with Gasteiger partial charge in [0.05, 0.1) is 31.9 Å². The van der Waals surface area contributed by atoms with Crippen molar-refractivity contribution in [2.45, 2.75) is 235 Å². The molecule has 0 spiro atoms. The molecule has 0 radical (unpaired) electrons. The highest BCUT2D eigenvalue weighted by Crippen LogP contribution is 2.25. The van der Waals surface area contributed by atoms with Crippen LogP contribution >= 0.6 is 0 Å². The standard InChI is InChI=1S/C69H118N14O15/c1-23-24-25-44(13)58(86)57-63(91)75-55(47(16)84)67(95)76(17)36-54(85)77(18)50(32-40(6)7)61(89)73-48(30-38(2)3)65(93)79(20)51(33-41(8)9)60(88)71-45(14)59(87)72-46(15)64(92)78(19)52(34-43(12)37-98-69(97)83-29-28-82-27-26-70-53(82)35-83)62(90)74-49(31-39(4)5)66(94)80(21)56(42(10)11)68(96)81(57)22/h23-24,26-27,38-52,55-58,84,86H,25,28-37H2,1-22H3,(H,71,88)(H,72,87)(H,73,89)(H,74,90)(H,75,91)/b24-23+/t43-,44+,45-,46+,47?,48-,49-,50-,51-,52-,55-,56-,57-,58+/m0/s1. The number of nitrogens with zero attached hydrogens (tertiary/aromatic N) is 9. The molecule has 2 aliphatic rings. The number of aromatic nitrogens is 2. The van der Waals surface area contributed by atoms with E-state index in [2.05, 4.69) is 31.6 Å². The number of likely N-dealkylation sites (N-methyl/N-ethyl adjacent to an activating group) is 6. The fourth-order valence-electron chi connectivity index (χ4n) is 12.3. The molecular formula is C69H118N14O15. The van der Waals surface area contributed by atoms with Crippen molar-refractivity contribution in [3.63, 3.8) is 0 Å². The topological polar surface area (TPSA) is 355 Å². The Bertz CT molecular complexity index is 2930. The van der Waals surface area contributed by atoms with Crippen LogP contribution < -0.4 is 26.6 Å². The van der Waals surface area contributed by atoms with E-state index in [4.69, 9.17) is 4.74 Å². The lowest BCUT2D eigenvalue weighted by Gasteiger charge is -2.40. The Morgan fingerprint density at radius 3 is 1.54 bits per heavy atom. The first-order valence-corrected chi connectivity index (χ1v) is 34.6. The van der Waals surface area contributed by atoms with Crippen molar-refractivity contribution in [2.75, 3.05) is 62.0 Å². The van der Waals surface area contributed by atoms with Crippen LogP contribution in [0.25, 0.3) is 0 Å². The molecule has 3 heterocycles. The molecule has 1 saturated heterocycles. The fraction of sp³-hybridized carbons (Fsp3) is 0.754. The minimum absolute atomic E-state index is 0.0107. The van der Waals surface area contributed by atoms with E-state index in [1.165, 1.54) is 72.9 Å². The summed E-state index contributed by atoms with van der Waals surface area (Å²) in [6.07, 6.45) is 3.45. The van der Waals surface area contributed by atoms with Gasteiger partial charge in [-0.3, -0.25) is 57.6 Å². The molecule has 29 nitrogen and oxygen atoms in total. The highest BCUT2D eigenvalue weighted by molar-refractivity contribution is 5.99. The van der Waals surface area contributed by atoms with Crippen LogP contribution in [0, 0.1) is 41.4 Å². The van der Waals surface area contributed by atoms with E-state index in [-0.39, 0.29) is 75.3 Å². The molecule has 98 heavy (non-hydrogen) atoms. The maximum Gasteiger partial charge on any atom is 0.410 e. The number of aliphatic hydroxyl groups excluding tert-OH is 2. The molecule has 12 amide bonds. The number of carbonyl (C=O) groups is 12. The summed E-state index contributed by atoms with van der Waals surface area (Å²) in [5.74, 6) is -11.0. The van der Waals surface area contributed by atoms with E-state index in [1.54, 1.807) is 53.0 Å². The Morgan fingerprint density at radius 2 is 1.03 bits per heavy atom. The van der Waals surface area contributed by atoms with Gasteiger partial charge in [0.25, 0.3) is 0 Å². The molecule has 29 heteroatoms. The van der Waals surface area contributed by atoms with Gasteiger partial charge in [-0.15, -0.1) is 0 Å². The predicted octanol–water partition coefficient (Wildman–Crippen LogP) is 2.12. The smallest absolute Gasteiger partial charge is 0.410 e. The average molecular weight is 1380 g/mol. The van der Waals surface area contributed by atoms with Gasteiger partial charge in [0.1, 0.15) is 66.2 Å². The second-order valence-electron chi connectivity index (χ2n) is 29.2. The van der Waals surface area contributed by atoms with Crippen molar-refractivity contribution in [3.8, 4) is 0 Å². The summed E-state index contributed by atoms with van der Waals surface area (Å²) in [5.41, 5.74) is 0. The van der Waals surface area contributed by atoms with Gasteiger partial charge in [0.15, 0.2) is 0 Å². The van der Waals surface area contributed by atoms with Crippen molar-refractivity contribution in [1.82, 2.24) is 70.4 Å². The molecule has 0 saturated carbocycles. The van der Waals surface area contributed by atoms with Crippen LogP contribution in [-0.4, -0.2) is 260 Å². The number of ether oxygens (including phenoxy) is 1. The predicted molar refractivity (Wildman–Crippen MR) is 368 cm³/mol. The Balaban J connectivity index is 2.31. The second-order valence-corrected chi connectivity index (χ2v) is 29.2. The molecule has 1 unspecified atom stereocenters. The zero-order chi connectivity index (χ0) is 74.7. The van der Waals surface area contributed by atoms with Crippen molar-refractivity contribution in [3.05, 3.63) is 30.4 Å². The maximum atomic E-state index is 15.3. The monoisotopic (exact) mass is 1380 g/mol. The Morgan fingerprint density at radius 1 is 0.551 bits per heavy atom. The number of imidazole rings is 1. The summed E-state index contributed by atoms with van der Waals surface area (Å²) in [5, 5.41) is 37.0. The van der Waals surface area contributed by atoms with Crippen molar-refractivity contribution >= 4 is 71.1 Å². The number of fused-ring (bicyclic) bond motifs is 1. The number of aliphatic hydroxyl groups is 2. The first-order valence-electron chi connectivity index (χ1n) is 34.6. The number of hydrogen-bond donors (Lipinski definition) is 7. The van der Waals surface area contributed by atoms with E-state index in [0.717, 1.165) is 24.5 Å². The lowest BCUT2D eigenvalue weighted by molar-refractivity contribution is -0.155. The first kappa shape index (κ1) is 84.5. The number of carbonyl (C=O) groups excluding carboxylic acids is 12. The van der Waals surface area contributed by atoms with Crippen LogP contribution in [0.5, 0.6) is 0 Å². The largest absolute Gasteiger partial charge is 0.449 e. The lowest BCUT2D eigenvalue weighted by Crippen LogP contribution is -2.64. The number of hydrogen-bond acceptors (Lipinski definition) is 16. The molecule has 3 rings (SSSR count). The molecule has 1 fully saturated rings. The third-order valence-corrected chi connectivity index (χ3v) is 18.2. The van der Waals surface area contributed by atoms with Gasteiger partial charge in [-0.2, -0.15) is 0 Å². The third kappa shape index (κ3) is 23.8. The SMILES string of the molecule is C/C=C/C[C@@H](C)[C@@H](O)[C@H]1C(=O)N[C@@H](C(C)O)C(=O)N(C)CC(=O)N(C)[C@@H](CC(C)C)C(=O)N[C@@H](CC(C)C)C(=O)N(C)[C@@H](CC(C)C)C(=O)N[C@@H](C)C(=O)N[C@H](C)C(=O)N(C)[C@@H](C[C@H](C)COC(=O)N2CCn3ccnc3C2)C(=O)N[C@@H](CC(C)C)C(=O)N(C)[C@@H](C(C)C)C(=O)N1C. The second kappa shape index (κ2) is 38.6. The van der Waals surface area contributed by atoms with E-state index in [1.807, 2.05) is 66.2 Å². The quantitative estimate of drug-likeness (QED) is 0.104. The molecular weight excluding hydrogens is 1260 g/mol. The summed E-state index contributed by atoms with van der Waals surface area (Å²) < 4.78 is 7.70. The molecule has 1 aromatic rings. The summed E-state index contributed by atoms with van der Waals surface area (Å²) in [6, 6.07) is -14.0. The fourth-order valence-corrected chi connectivity index (χ4v) is 12.3. The van der Waals surface area contributed by atoms with E-state index in [0.29, 0.717) is 18.9 Å². The average Bonchev–Trinajstić information content (AvgIpc) is 0.967. The number of amides is 12. The maximum absolute atomic E-state index is 15.3. The zero-order valence-electron chi connectivity index (χ0n) is 62.3. The van der Waals surface area contributed by atoms with Gasteiger partial charge >= 0.3 is 6.09 Å². The van der Waals surface area contributed by atoms with Crippen molar-refractivity contribution in [1.29, 1.82) is 0 Å². The van der Waals surface area contributed by atoms with Gasteiger partial charge < -0.3 is 75.5 Å². The normalized spacial score (nSPS) is 26.1. The molecule has 7 N–H and O–H groups in total. The van der Waals surface area contributed by atoms with Crippen LogP contribution in [0.2, 0.25) is 0 Å². The lowest BCUT2D eigenvalue weighted by atomic mass is 9.91. The van der Waals surface area contributed by atoms with Crippen molar-refractivity contribution < 1.29 is 72.5 Å². The molecule has 0 aromatic carbocycles. The Hall–Kier alpha value is -7.69. The Kier molecular flexibility index (Phi) is 33.3. The zero-order valence-corrected chi connectivity index (χ0v) is 62.3. The minimum Gasteiger partial charge on any atom is -0.449 e. The summed E-state index contributed by atoms with van der Waals surface area (Å²) >= 11 is 0. The third-order valence-electron chi connectivity index (χ3n) is 18.2. The molecule has 554 valence electrons. The van der Waals surface area contributed by atoms with Crippen LogP contribution in [-0.2, 0) is 70.6 Å². The van der Waals surface area contributed by atoms with Gasteiger partial charge in [-0.25, -0.2) is 9.78 Å². The highest BCUT2D eigenvalue weighted by Gasteiger charge is 2.45. The Labute approximate surface area is 580 Å². The number of allylic oxidation sites excluding steroid dienone is 2. The van der Waals surface area contributed by atoms with Crippen LogP contribution in [0.4, 0.5) is 4.79 Å². The number of nitrogens with one attached hydrogen (secondary N) is 5. The molecule has 0 bridgehead atoms. The molecule has 1 aromatic heterocycles. The van der Waals surface area contributed by atoms with Crippen LogP contribution in [0.3, 0.4) is 0 Å². The molecule has 0 aliphatic carbocycles. The summed E-state index contributed by atoms with van der Waals surface area (Å²) in [7, 11) is 8.00. The van der Waals surface area contributed by atoms with Gasteiger partial charge in [-0.1, -0.05) is 95.2 Å². The van der Waals surface area contributed by atoms with Crippen LogP contribution in [0.1, 0.15) is 155 Å². The summed E-state index contributed by atoms with van der Waals surface area (Å²) in [4.78, 5) is 188. The minimum atomic E-state index is -1.78. The van der Waals surface area contributed by atoms with Gasteiger partial charge in [0.2, 0.25) is 65.0 Å². The van der Waals surface area contributed by atoms with E-state index in [9.17, 15) is 53.4 Å². The van der Waals surface area contributed by atoms with Crippen molar-refractivity contribution in [2.24, 2.45) is 41.4 Å². The van der Waals surface area contributed by atoms with Gasteiger partial charge in [-0.05, 0) is 108 Å². The molecule has 14 atom stereocenters. The van der Waals surface area contributed by atoms with Gasteiger partial charge in [0, 0.05) is 67.8 Å². The summed E-state index contributed by atoms with van der Waals surface area (Å²) in [6.45, 7) is 27.2. The van der Waals surface area contributed by atoms with E-state index < -0.39 is 168 Å². The van der Waals surface area contributed by atoms with Crippen LogP contribution in [0.15, 0.2) is 24.5 Å². The van der Waals surface area contributed by atoms with E-state index >= 15 is 14.4 Å². The number of rotatable bonds is 18.